The van der Waals surface area contributed by atoms with Crippen molar-refractivity contribution in [3.8, 4) is 5.75 Å². The maximum absolute atomic E-state index is 13.5. The minimum atomic E-state index is -0.524. The van der Waals surface area contributed by atoms with Crippen molar-refractivity contribution in [3.63, 3.8) is 0 Å². The third kappa shape index (κ3) is 3.14. The van der Waals surface area contributed by atoms with Crippen LogP contribution in [-0.4, -0.2) is 13.1 Å². The first-order chi connectivity index (χ1) is 9.11. The molecule has 0 amide bonds. The van der Waals surface area contributed by atoms with E-state index in [9.17, 15) is 9.18 Å². The summed E-state index contributed by atoms with van der Waals surface area (Å²) in [4.78, 5) is 11.4. The summed E-state index contributed by atoms with van der Waals surface area (Å²) in [6, 6.07) is 5.91. The van der Waals surface area contributed by atoms with E-state index in [1.807, 2.05) is 0 Å². The lowest BCUT2D eigenvalue weighted by Gasteiger charge is -2.06. The summed E-state index contributed by atoms with van der Waals surface area (Å²) in [5.41, 5.74) is 0.264. The lowest BCUT2D eigenvalue weighted by atomic mass is 10.2. The number of benzene rings is 1. The fourth-order valence-electron chi connectivity index (χ4n) is 1.48. The molecule has 4 nitrogen and oxygen atoms in total. The zero-order valence-electron chi connectivity index (χ0n) is 9.98. The van der Waals surface area contributed by atoms with Gasteiger partial charge in [0.15, 0.2) is 17.3 Å². The van der Waals surface area contributed by atoms with Crippen LogP contribution in [0.5, 0.6) is 5.75 Å². The molecule has 6 heteroatoms. The Balaban J connectivity index is 2.10. The first-order valence-electron chi connectivity index (χ1n) is 5.34. The van der Waals surface area contributed by atoms with E-state index in [4.69, 9.17) is 9.15 Å². The number of esters is 1. The third-order valence-corrected chi connectivity index (χ3v) is 2.90. The Hall–Kier alpha value is -1.82. The number of hydrogen-bond donors (Lipinski definition) is 0. The molecule has 0 atom stereocenters. The number of halogens is 2. The highest BCUT2D eigenvalue weighted by Gasteiger charge is 2.16. The Morgan fingerprint density at radius 3 is 2.89 bits per heavy atom. The highest BCUT2D eigenvalue weighted by Crippen LogP contribution is 2.23. The average Bonchev–Trinajstić information content (AvgIpc) is 2.85. The van der Waals surface area contributed by atoms with E-state index in [1.54, 1.807) is 6.07 Å². The second kappa shape index (κ2) is 5.88. The van der Waals surface area contributed by atoms with Gasteiger partial charge >= 0.3 is 5.97 Å². The van der Waals surface area contributed by atoms with Gasteiger partial charge < -0.3 is 13.9 Å². The van der Waals surface area contributed by atoms with E-state index in [1.165, 1.54) is 31.6 Å². The molecule has 0 aliphatic carbocycles. The van der Waals surface area contributed by atoms with Crippen molar-refractivity contribution in [2.45, 2.75) is 6.61 Å². The van der Waals surface area contributed by atoms with Crippen molar-refractivity contribution in [2.75, 3.05) is 7.11 Å². The average molecular weight is 329 g/mol. The SMILES string of the molecule is COC(=O)c1ccoc1COc1ccc(Br)cc1F. The van der Waals surface area contributed by atoms with Gasteiger partial charge in [-0.15, -0.1) is 0 Å². The molecule has 1 aromatic heterocycles. The minimum absolute atomic E-state index is 0.0595. The van der Waals surface area contributed by atoms with Crippen molar-refractivity contribution >= 4 is 21.9 Å². The summed E-state index contributed by atoms with van der Waals surface area (Å²) >= 11 is 3.15. The van der Waals surface area contributed by atoms with E-state index in [-0.39, 0.29) is 23.7 Å². The van der Waals surface area contributed by atoms with E-state index < -0.39 is 11.8 Å². The summed E-state index contributed by atoms with van der Waals surface area (Å²) in [6.07, 6.45) is 1.35. The number of carbonyl (C=O) groups excluding carboxylic acids is 1. The summed E-state index contributed by atoms with van der Waals surface area (Å²) in [6.45, 7) is -0.0595. The van der Waals surface area contributed by atoms with Gasteiger partial charge in [-0.2, -0.15) is 0 Å². The Labute approximate surface area is 117 Å². The van der Waals surface area contributed by atoms with Gasteiger partial charge in [-0.25, -0.2) is 9.18 Å². The van der Waals surface area contributed by atoms with E-state index in [0.717, 1.165) is 0 Å². The number of carbonyl (C=O) groups is 1. The van der Waals surface area contributed by atoms with E-state index in [2.05, 4.69) is 20.7 Å². The van der Waals surface area contributed by atoms with E-state index in [0.29, 0.717) is 4.47 Å². The van der Waals surface area contributed by atoms with Gasteiger partial charge in [0.05, 0.1) is 13.4 Å². The van der Waals surface area contributed by atoms with Gasteiger partial charge in [-0.05, 0) is 24.3 Å². The van der Waals surface area contributed by atoms with Crippen molar-refractivity contribution in [1.29, 1.82) is 0 Å². The summed E-state index contributed by atoms with van der Waals surface area (Å²) in [7, 11) is 1.27. The van der Waals surface area contributed by atoms with Gasteiger partial charge in [0, 0.05) is 4.47 Å². The molecule has 0 N–H and O–H groups in total. The molecular formula is C13H10BrFO4. The van der Waals surface area contributed by atoms with E-state index >= 15 is 0 Å². The lowest BCUT2D eigenvalue weighted by Crippen LogP contribution is -2.05. The maximum atomic E-state index is 13.5. The zero-order chi connectivity index (χ0) is 13.8. The maximum Gasteiger partial charge on any atom is 0.341 e. The molecule has 0 saturated heterocycles. The lowest BCUT2D eigenvalue weighted by molar-refractivity contribution is 0.0595. The normalized spacial score (nSPS) is 10.3. The van der Waals surface area contributed by atoms with Gasteiger partial charge in [-0.3, -0.25) is 0 Å². The minimum Gasteiger partial charge on any atom is -0.483 e. The van der Waals surface area contributed by atoms with Crippen molar-refractivity contribution in [3.05, 3.63) is 52.1 Å². The van der Waals surface area contributed by atoms with Crippen LogP contribution in [0.25, 0.3) is 0 Å². The fraction of sp³-hybridized carbons (Fsp3) is 0.154. The highest BCUT2D eigenvalue weighted by molar-refractivity contribution is 9.10. The molecule has 100 valence electrons. The van der Waals surface area contributed by atoms with Crippen LogP contribution < -0.4 is 4.74 Å². The Morgan fingerprint density at radius 1 is 1.42 bits per heavy atom. The second-order valence-corrected chi connectivity index (χ2v) is 4.53. The van der Waals surface area contributed by atoms with Gasteiger partial charge in [0.25, 0.3) is 0 Å². The summed E-state index contributed by atoms with van der Waals surface area (Å²) in [5, 5.41) is 0. The van der Waals surface area contributed by atoms with Gasteiger partial charge in [0.1, 0.15) is 12.2 Å². The number of methoxy groups -OCH3 is 1. The van der Waals surface area contributed by atoms with Crippen molar-refractivity contribution in [1.82, 2.24) is 0 Å². The number of ether oxygens (including phenoxy) is 2. The Bertz CT molecular complexity index is 594. The monoisotopic (exact) mass is 328 g/mol. The van der Waals surface area contributed by atoms with Crippen molar-refractivity contribution in [2.24, 2.45) is 0 Å². The van der Waals surface area contributed by atoms with Gasteiger partial charge in [0.2, 0.25) is 0 Å². The van der Waals surface area contributed by atoms with Crippen LogP contribution in [-0.2, 0) is 11.3 Å². The first kappa shape index (κ1) is 13.6. The molecule has 1 heterocycles. The third-order valence-electron chi connectivity index (χ3n) is 2.40. The van der Waals surface area contributed by atoms with Crippen LogP contribution in [0.4, 0.5) is 4.39 Å². The summed E-state index contributed by atoms with van der Waals surface area (Å²) in [5.74, 6) is -0.659. The molecule has 0 spiro atoms. The predicted molar refractivity (Wildman–Crippen MR) is 68.5 cm³/mol. The van der Waals surface area contributed by atoms with Gasteiger partial charge in [-0.1, -0.05) is 15.9 Å². The van der Waals surface area contributed by atoms with Crippen LogP contribution in [0.1, 0.15) is 16.1 Å². The molecule has 0 aliphatic rings. The van der Waals surface area contributed by atoms with Crippen LogP contribution in [0.3, 0.4) is 0 Å². The van der Waals surface area contributed by atoms with Crippen molar-refractivity contribution < 1.29 is 23.1 Å². The predicted octanol–water partition coefficient (Wildman–Crippen LogP) is 3.55. The summed E-state index contributed by atoms with van der Waals surface area (Å²) < 4.78 is 29.1. The van der Waals surface area contributed by atoms with Crippen LogP contribution in [0.2, 0.25) is 0 Å². The molecule has 0 aliphatic heterocycles. The number of furan rings is 1. The molecule has 19 heavy (non-hydrogen) atoms. The zero-order valence-corrected chi connectivity index (χ0v) is 11.6. The van der Waals surface area contributed by atoms with Crippen LogP contribution >= 0.6 is 15.9 Å². The molecule has 0 radical (unpaired) electrons. The molecular weight excluding hydrogens is 319 g/mol. The highest BCUT2D eigenvalue weighted by atomic mass is 79.9. The number of rotatable bonds is 4. The molecule has 1 aromatic carbocycles. The Morgan fingerprint density at radius 2 is 2.21 bits per heavy atom. The molecule has 0 saturated carbocycles. The smallest absolute Gasteiger partial charge is 0.341 e. The second-order valence-electron chi connectivity index (χ2n) is 3.61. The van der Waals surface area contributed by atoms with Crippen LogP contribution in [0.15, 0.2) is 39.4 Å². The standard InChI is InChI=1S/C13H10BrFO4/c1-17-13(16)9-4-5-18-12(9)7-19-11-3-2-8(14)6-10(11)15/h2-6H,7H2,1H3. The first-order valence-corrected chi connectivity index (χ1v) is 6.13. The quantitative estimate of drug-likeness (QED) is 0.805. The molecule has 0 fully saturated rings. The molecule has 2 aromatic rings. The van der Waals surface area contributed by atoms with Crippen LogP contribution in [0, 0.1) is 5.82 Å². The molecule has 0 bridgehead atoms. The largest absolute Gasteiger partial charge is 0.483 e. The Kier molecular flexibility index (Phi) is 4.21. The fourth-order valence-corrected chi connectivity index (χ4v) is 1.81. The molecule has 0 unspecified atom stereocenters. The number of hydrogen-bond acceptors (Lipinski definition) is 4. The topological polar surface area (TPSA) is 48.7 Å². The molecule has 2 rings (SSSR count).